The molecule has 0 spiro atoms. The second-order valence-electron chi connectivity index (χ2n) is 5.82. The van der Waals surface area contributed by atoms with E-state index in [0.717, 1.165) is 32.6 Å². The Labute approximate surface area is 121 Å². The molecule has 0 bridgehead atoms. The van der Waals surface area contributed by atoms with Gasteiger partial charge < -0.3 is 10.2 Å². The lowest BCUT2D eigenvalue weighted by Gasteiger charge is -2.30. The number of hydrogen-bond acceptors (Lipinski definition) is 2. The number of nitrogens with one attached hydrogen (secondary N) is 1. The summed E-state index contributed by atoms with van der Waals surface area (Å²) in [6.45, 7) is 3.87. The molecule has 20 heavy (non-hydrogen) atoms. The van der Waals surface area contributed by atoms with Crippen LogP contribution in [0.5, 0.6) is 0 Å². The summed E-state index contributed by atoms with van der Waals surface area (Å²) in [6.07, 6.45) is 6.14. The van der Waals surface area contributed by atoms with Crippen LogP contribution in [0, 0.1) is 6.42 Å². The molecule has 107 valence electrons. The molecule has 2 fully saturated rings. The first-order valence-electron chi connectivity index (χ1n) is 7.72. The van der Waals surface area contributed by atoms with Crippen molar-refractivity contribution in [3.8, 4) is 0 Å². The third kappa shape index (κ3) is 3.04. The molecule has 1 N–H and O–H groups in total. The van der Waals surface area contributed by atoms with Crippen LogP contribution in [0.2, 0.25) is 0 Å². The summed E-state index contributed by atoms with van der Waals surface area (Å²) in [5.74, 6) is 0.926. The van der Waals surface area contributed by atoms with Crippen molar-refractivity contribution in [3.63, 3.8) is 0 Å². The maximum Gasteiger partial charge on any atom is 0.223 e. The number of amides is 1. The molecule has 0 unspecified atom stereocenters. The molecule has 2 heterocycles. The second kappa shape index (κ2) is 6.40. The zero-order valence-electron chi connectivity index (χ0n) is 12.0. The molecule has 3 heteroatoms. The highest BCUT2D eigenvalue weighted by Gasteiger charge is 2.22. The predicted octanol–water partition coefficient (Wildman–Crippen LogP) is 2.48. The topological polar surface area (TPSA) is 32.3 Å². The van der Waals surface area contributed by atoms with Gasteiger partial charge in [-0.1, -0.05) is 24.3 Å². The van der Waals surface area contributed by atoms with Gasteiger partial charge in [-0.2, -0.15) is 0 Å². The monoisotopic (exact) mass is 271 g/mol. The number of carbonyl (C=O) groups is 1. The van der Waals surface area contributed by atoms with Gasteiger partial charge in [-0.05, 0) is 55.8 Å². The lowest BCUT2D eigenvalue weighted by atomic mass is 9.87. The first kappa shape index (κ1) is 13.6. The quantitative estimate of drug-likeness (QED) is 0.916. The van der Waals surface area contributed by atoms with Gasteiger partial charge in [0.05, 0.1) is 0 Å². The molecule has 0 atom stereocenters. The predicted molar refractivity (Wildman–Crippen MR) is 80.2 cm³/mol. The van der Waals surface area contributed by atoms with Gasteiger partial charge in [-0.3, -0.25) is 4.79 Å². The average Bonchev–Trinajstić information content (AvgIpc) is 2.51. The Hall–Kier alpha value is -1.35. The Morgan fingerprint density at radius 3 is 2.80 bits per heavy atom. The molecule has 1 aromatic carbocycles. The summed E-state index contributed by atoms with van der Waals surface area (Å²) >= 11 is 0. The largest absolute Gasteiger partial charge is 0.338 e. The lowest BCUT2D eigenvalue weighted by Crippen LogP contribution is -2.35. The van der Waals surface area contributed by atoms with Gasteiger partial charge in [-0.25, -0.2) is 0 Å². The summed E-state index contributed by atoms with van der Waals surface area (Å²) in [6, 6.07) is 8.68. The van der Waals surface area contributed by atoms with Crippen molar-refractivity contribution in [2.75, 3.05) is 19.6 Å². The van der Waals surface area contributed by atoms with Crippen LogP contribution in [0.25, 0.3) is 0 Å². The number of likely N-dealkylation sites (tertiary alicyclic amines) is 1. The van der Waals surface area contributed by atoms with Gasteiger partial charge in [-0.15, -0.1) is 0 Å². The third-order valence-electron chi connectivity index (χ3n) is 4.47. The van der Waals surface area contributed by atoms with Crippen LogP contribution >= 0.6 is 0 Å². The summed E-state index contributed by atoms with van der Waals surface area (Å²) in [5.41, 5.74) is 2.80. The van der Waals surface area contributed by atoms with E-state index in [1.807, 2.05) is 4.90 Å². The molecule has 1 amide bonds. The average molecular weight is 271 g/mol. The number of hydrogen-bond donors (Lipinski definition) is 1. The van der Waals surface area contributed by atoms with Crippen molar-refractivity contribution >= 4 is 5.91 Å². The minimum atomic E-state index is 0.274. The summed E-state index contributed by atoms with van der Waals surface area (Å²) in [4.78, 5) is 14.0. The van der Waals surface area contributed by atoms with E-state index in [1.54, 1.807) is 0 Å². The van der Waals surface area contributed by atoms with E-state index in [2.05, 4.69) is 36.0 Å². The third-order valence-corrected chi connectivity index (χ3v) is 4.47. The maximum absolute atomic E-state index is 12.0. The fourth-order valence-corrected chi connectivity index (χ4v) is 3.31. The van der Waals surface area contributed by atoms with Crippen molar-refractivity contribution < 1.29 is 4.79 Å². The Bertz CT molecular complexity index is 466. The number of rotatable bonds is 3. The zero-order valence-corrected chi connectivity index (χ0v) is 12.0. The van der Waals surface area contributed by atoms with E-state index in [0.29, 0.717) is 12.3 Å². The maximum atomic E-state index is 12.0. The normalized spacial score (nSPS) is 21.2. The molecule has 0 saturated carbocycles. The van der Waals surface area contributed by atoms with Crippen LogP contribution in [0.1, 0.15) is 42.7 Å². The van der Waals surface area contributed by atoms with Crippen LogP contribution in [-0.2, 0) is 11.3 Å². The van der Waals surface area contributed by atoms with Crippen molar-refractivity contribution in [3.05, 3.63) is 41.8 Å². The van der Waals surface area contributed by atoms with Gasteiger partial charge in [0.15, 0.2) is 0 Å². The standard InChI is InChI=1S/C17H23N2O/c20-17-7-3-4-12-19(17)13-15-5-1-2-6-16(15)14-8-10-18-11-9-14/h1-3,5-6,14,18H,4,7-13H2. The highest BCUT2D eigenvalue weighted by Crippen LogP contribution is 2.29. The van der Waals surface area contributed by atoms with E-state index >= 15 is 0 Å². The van der Waals surface area contributed by atoms with E-state index in [1.165, 1.54) is 24.0 Å². The zero-order chi connectivity index (χ0) is 13.8. The summed E-state index contributed by atoms with van der Waals surface area (Å²) in [5, 5.41) is 3.42. The first-order valence-corrected chi connectivity index (χ1v) is 7.72. The fraction of sp³-hybridized carbons (Fsp3) is 0.529. The highest BCUT2D eigenvalue weighted by molar-refractivity contribution is 5.78. The molecule has 2 saturated heterocycles. The van der Waals surface area contributed by atoms with E-state index in [4.69, 9.17) is 0 Å². The van der Waals surface area contributed by atoms with Crippen molar-refractivity contribution in [2.45, 2.75) is 38.1 Å². The van der Waals surface area contributed by atoms with E-state index in [-0.39, 0.29) is 5.91 Å². The van der Waals surface area contributed by atoms with Crippen molar-refractivity contribution in [2.24, 2.45) is 0 Å². The summed E-state index contributed by atoms with van der Waals surface area (Å²) in [7, 11) is 0. The van der Waals surface area contributed by atoms with Crippen LogP contribution in [0.15, 0.2) is 24.3 Å². The molecule has 2 aliphatic heterocycles. The van der Waals surface area contributed by atoms with Crippen molar-refractivity contribution in [1.82, 2.24) is 10.2 Å². The number of piperidine rings is 2. The number of benzene rings is 1. The Kier molecular flexibility index (Phi) is 4.36. The molecule has 3 rings (SSSR count). The van der Waals surface area contributed by atoms with Crippen LogP contribution in [0.3, 0.4) is 0 Å². The van der Waals surface area contributed by atoms with Crippen LogP contribution < -0.4 is 5.32 Å². The molecule has 1 radical (unpaired) electrons. The van der Waals surface area contributed by atoms with Gasteiger partial charge in [0.1, 0.15) is 0 Å². The van der Waals surface area contributed by atoms with Crippen LogP contribution in [-0.4, -0.2) is 30.4 Å². The Morgan fingerprint density at radius 2 is 2.00 bits per heavy atom. The first-order chi connectivity index (χ1) is 9.84. The minimum Gasteiger partial charge on any atom is -0.338 e. The van der Waals surface area contributed by atoms with Gasteiger partial charge >= 0.3 is 0 Å². The number of carbonyl (C=O) groups excluding carboxylic acids is 1. The lowest BCUT2D eigenvalue weighted by molar-refractivity contribution is -0.132. The van der Waals surface area contributed by atoms with Crippen molar-refractivity contribution in [1.29, 1.82) is 0 Å². The molecule has 2 aliphatic rings. The molecular formula is C17H23N2O. The molecular weight excluding hydrogens is 248 g/mol. The molecule has 0 aromatic heterocycles. The van der Waals surface area contributed by atoms with Gasteiger partial charge in [0, 0.05) is 19.5 Å². The molecule has 3 nitrogen and oxygen atoms in total. The second-order valence-corrected chi connectivity index (χ2v) is 5.82. The minimum absolute atomic E-state index is 0.274. The molecule has 0 aliphatic carbocycles. The summed E-state index contributed by atoms with van der Waals surface area (Å²) < 4.78 is 0. The number of nitrogens with zero attached hydrogens (tertiary/aromatic N) is 1. The van der Waals surface area contributed by atoms with E-state index < -0.39 is 0 Å². The molecule has 1 aromatic rings. The Morgan fingerprint density at radius 1 is 1.20 bits per heavy atom. The smallest absolute Gasteiger partial charge is 0.223 e. The van der Waals surface area contributed by atoms with Crippen LogP contribution in [0.4, 0.5) is 0 Å². The Balaban J connectivity index is 1.76. The van der Waals surface area contributed by atoms with Gasteiger partial charge in [0.25, 0.3) is 0 Å². The van der Waals surface area contributed by atoms with Gasteiger partial charge in [0.2, 0.25) is 5.91 Å². The fourth-order valence-electron chi connectivity index (χ4n) is 3.31. The van der Waals surface area contributed by atoms with E-state index in [9.17, 15) is 4.79 Å². The highest BCUT2D eigenvalue weighted by atomic mass is 16.2. The SMILES string of the molecule is O=C1C[CH]CCN1Cc1ccccc1C1CCNCC1.